The number of ether oxygens (including phenoxy) is 1. The van der Waals surface area contributed by atoms with Gasteiger partial charge in [-0.25, -0.2) is 9.59 Å². The first-order chi connectivity index (χ1) is 12.8. The van der Waals surface area contributed by atoms with E-state index in [-0.39, 0.29) is 17.9 Å². The summed E-state index contributed by atoms with van der Waals surface area (Å²) in [6.45, 7) is 2.68. The Morgan fingerprint density at radius 1 is 1.22 bits per heavy atom. The number of piperidine rings is 1. The average Bonchev–Trinajstić information content (AvgIpc) is 2.67. The van der Waals surface area contributed by atoms with Crippen LogP contribution >= 0.6 is 0 Å². The molecule has 0 saturated carbocycles. The smallest absolute Gasteiger partial charge is 0.407 e. The Balaban J connectivity index is 1.63. The number of fused-ring (bicyclic) bond motifs is 1. The van der Waals surface area contributed by atoms with Gasteiger partial charge in [-0.05, 0) is 55.4 Å². The fourth-order valence-electron chi connectivity index (χ4n) is 3.90. The monoisotopic (exact) mass is 374 g/mol. The van der Waals surface area contributed by atoms with Crippen molar-refractivity contribution >= 4 is 18.0 Å². The Kier molecular flexibility index (Phi) is 5.39. The number of likely N-dealkylation sites (tertiary alicyclic amines) is 1. The molecule has 1 aromatic rings. The number of carbonyl (C=O) groups is 3. The number of esters is 1. The van der Waals surface area contributed by atoms with Crippen molar-refractivity contribution in [2.24, 2.45) is 5.41 Å². The van der Waals surface area contributed by atoms with Gasteiger partial charge in [-0.15, -0.1) is 0 Å². The SMILES string of the molecule is COC(=O)c1ccc2c(c1)CC(NC(=O)C1(C)CCN(C(=O)O)CC1)CC2. The Hall–Kier alpha value is -2.57. The van der Waals surface area contributed by atoms with Gasteiger partial charge >= 0.3 is 12.1 Å². The minimum absolute atomic E-state index is 0.00916. The highest BCUT2D eigenvalue weighted by atomic mass is 16.5. The average molecular weight is 374 g/mol. The molecule has 27 heavy (non-hydrogen) atoms. The molecule has 7 heteroatoms. The maximum Gasteiger partial charge on any atom is 0.407 e. The van der Waals surface area contributed by atoms with Crippen LogP contribution in [0.5, 0.6) is 0 Å². The molecule has 0 bridgehead atoms. The number of carboxylic acid groups (broad SMARTS) is 1. The van der Waals surface area contributed by atoms with E-state index in [0.717, 1.165) is 18.4 Å². The van der Waals surface area contributed by atoms with Gasteiger partial charge in [0.1, 0.15) is 0 Å². The number of carbonyl (C=O) groups excluding carboxylic acids is 2. The van der Waals surface area contributed by atoms with Gasteiger partial charge in [0.15, 0.2) is 0 Å². The number of nitrogens with one attached hydrogen (secondary N) is 1. The summed E-state index contributed by atoms with van der Waals surface area (Å²) in [5.41, 5.74) is 2.26. The van der Waals surface area contributed by atoms with E-state index in [0.29, 0.717) is 37.9 Å². The third-order valence-electron chi connectivity index (χ3n) is 5.88. The second-order valence-corrected chi connectivity index (χ2v) is 7.72. The number of benzene rings is 1. The highest BCUT2D eigenvalue weighted by Gasteiger charge is 2.39. The number of amides is 2. The highest BCUT2D eigenvalue weighted by Crippen LogP contribution is 2.32. The first-order valence-electron chi connectivity index (χ1n) is 9.31. The molecule has 1 fully saturated rings. The first kappa shape index (κ1) is 19.2. The highest BCUT2D eigenvalue weighted by molar-refractivity contribution is 5.89. The molecule has 1 aliphatic heterocycles. The summed E-state index contributed by atoms with van der Waals surface area (Å²) >= 11 is 0. The number of methoxy groups -OCH3 is 1. The predicted molar refractivity (Wildman–Crippen MR) is 98.7 cm³/mol. The van der Waals surface area contributed by atoms with E-state index in [4.69, 9.17) is 9.84 Å². The normalized spacial score (nSPS) is 21.1. The van der Waals surface area contributed by atoms with E-state index in [2.05, 4.69) is 5.32 Å². The van der Waals surface area contributed by atoms with Crippen molar-refractivity contribution in [2.75, 3.05) is 20.2 Å². The summed E-state index contributed by atoms with van der Waals surface area (Å²) < 4.78 is 4.78. The number of nitrogens with zero attached hydrogens (tertiary/aromatic N) is 1. The van der Waals surface area contributed by atoms with Crippen molar-refractivity contribution in [1.82, 2.24) is 10.2 Å². The number of rotatable bonds is 3. The zero-order valence-corrected chi connectivity index (χ0v) is 15.8. The lowest BCUT2D eigenvalue weighted by molar-refractivity contribution is -0.133. The Morgan fingerprint density at radius 2 is 1.93 bits per heavy atom. The second kappa shape index (κ2) is 7.58. The summed E-state index contributed by atoms with van der Waals surface area (Å²) in [4.78, 5) is 37.0. The van der Waals surface area contributed by atoms with Gasteiger partial charge < -0.3 is 20.1 Å². The van der Waals surface area contributed by atoms with Crippen LogP contribution in [0.4, 0.5) is 4.79 Å². The molecule has 3 rings (SSSR count). The molecule has 1 heterocycles. The van der Waals surface area contributed by atoms with E-state index in [1.807, 2.05) is 19.1 Å². The van der Waals surface area contributed by atoms with E-state index < -0.39 is 11.5 Å². The molecule has 146 valence electrons. The number of hydrogen-bond acceptors (Lipinski definition) is 4. The van der Waals surface area contributed by atoms with Crippen molar-refractivity contribution in [2.45, 2.75) is 45.1 Å². The number of hydrogen-bond donors (Lipinski definition) is 2. The van der Waals surface area contributed by atoms with Crippen molar-refractivity contribution < 1.29 is 24.2 Å². The Bertz CT molecular complexity index is 753. The van der Waals surface area contributed by atoms with E-state index in [1.165, 1.54) is 17.6 Å². The standard InChI is InChI=1S/C20H26N2O5/c1-20(7-9-22(10-8-20)19(25)26)18(24)21-16-6-5-13-3-4-14(17(23)27-2)11-15(13)12-16/h3-4,11,16H,5-10,12H2,1-2H3,(H,21,24)(H,25,26). The molecule has 0 aromatic heterocycles. The van der Waals surface area contributed by atoms with Crippen molar-refractivity contribution in [3.8, 4) is 0 Å². The summed E-state index contributed by atoms with van der Waals surface area (Å²) in [6.07, 6.45) is 2.52. The fraction of sp³-hybridized carbons (Fsp3) is 0.550. The lowest BCUT2D eigenvalue weighted by atomic mass is 9.78. The zero-order valence-electron chi connectivity index (χ0n) is 15.8. The molecule has 2 amide bonds. The molecule has 2 N–H and O–H groups in total. The predicted octanol–water partition coefficient (Wildman–Crippen LogP) is 2.23. The largest absolute Gasteiger partial charge is 0.465 e. The molecule has 0 spiro atoms. The maximum atomic E-state index is 12.8. The van der Waals surface area contributed by atoms with E-state index >= 15 is 0 Å². The topological polar surface area (TPSA) is 95.9 Å². The molecule has 0 radical (unpaired) electrons. The van der Waals surface area contributed by atoms with Crippen LogP contribution in [0.1, 0.15) is 47.7 Å². The molecule has 1 unspecified atom stereocenters. The van der Waals surface area contributed by atoms with Crippen LogP contribution < -0.4 is 5.32 Å². The van der Waals surface area contributed by atoms with Gasteiger partial charge in [0, 0.05) is 24.5 Å². The quantitative estimate of drug-likeness (QED) is 0.791. The van der Waals surface area contributed by atoms with Crippen LogP contribution in [0.2, 0.25) is 0 Å². The Labute approximate surface area is 158 Å². The van der Waals surface area contributed by atoms with Crippen LogP contribution in [0.15, 0.2) is 18.2 Å². The minimum Gasteiger partial charge on any atom is -0.465 e. The third-order valence-corrected chi connectivity index (χ3v) is 5.88. The summed E-state index contributed by atoms with van der Waals surface area (Å²) in [5, 5.41) is 12.2. The molecular formula is C20H26N2O5. The first-order valence-corrected chi connectivity index (χ1v) is 9.31. The fourth-order valence-corrected chi connectivity index (χ4v) is 3.90. The van der Waals surface area contributed by atoms with E-state index in [1.54, 1.807) is 6.07 Å². The van der Waals surface area contributed by atoms with Gasteiger partial charge in [-0.3, -0.25) is 4.79 Å². The summed E-state index contributed by atoms with van der Waals surface area (Å²) in [7, 11) is 1.36. The molecule has 1 aromatic carbocycles. The Morgan fingerprint density at radius 3 is 2.56 bits per heavy atom. The van der Waals surface area contributed by atoms with Crippen LogP contribution in [0.3, 0.4) is 0 Å². The van der Waals surface area contributed by atoms with Crippen molar-refractivity contribution in [1.29, 1.82) is 0 Å². The molecule has 2 aliphatic rings. The summed E-state index contributed by atoms with van der Waals surface area (Å²) in [5.74, 6) is -0.369. The minimum atomic E-state index is -0.928. The van der Waals surface area contributed by atoms with Crippen LogP contribution in [0.25, 0.3) is 0 Å². The van der Waals surface area contributed by atoms with Crippen LogP contribution in [-0.2, 0) is 22.4 Å². The third kappa shape index (κ3) is 4.07. The summed E-state index contributed by atoms with van der Waals surface area (Å²) in [6, 6.07) is 5.61. The van der Waals surface area contributed by atoms with Gasteiger partial charge in [0.25, 0.3) is 0 Å². The van der Waals surface area contributed by atoms with Crippen molar-refractivity contribution in [3.63, 3.8) is 0 Å². The molecule has 1 atom stereocenters. The molecule has 1 saturated heterocycles. The number of aryl methyl sites for hydroxylation is 1. The van der Waals surface area contributed by atoms with E-state index in [9.17, 15) is 14.4 Å². The second-order valence-electron chi connectivity index (χ2n) is 7.72. The van der Waals surface area contributed by atoms with Gasteiger partial charge in [-0.1, -0.05) is 13.0 Å². The molecular weight excluding hydrogens is 348 g/mol. The van der Waals surface area contributed by atoms with Gasteiger partial charge in [0.05, 0.1) is 12.7 Å². The van der Waals surface area contributed by atoms with Crippen LogP contribution in [-0.4, -0.2) is 54.2 Å². The van der Waals surface area contributed by atoms with Gasteiger partial charge in [0.2, 0.25) is 5.91 Å². The zero-order chi connectivity index (χ0) is 19.6. The maximum absolute atomic E-state index is 12.8. The molecule has 1 aliphatic carbocycles. The van der Waals surface area contributed by atoms with Crippen molar-refractivity contribution in [3.05, 3.63) is 34.9 Å². The lowest BCUT2D eigenvalue weighted by Crippen LogP contribution is -2.51. The lowest BCUT2D eigenvalue weighted by Gasteiger charge is -2.38. The van der Waals surface area contributed by atoms with Crippen LogP contribution in [0, 0.1) is 5.41 Å². The molecule has 7 nitrogen and oxygen atoms in total. The van der Waals surface area contributed by atoms with Gasteiger partial charge in [-0.2, -0.15) is 0 Å².